The molecule has 52 valence electrons. The van der Waals surface area contributed by atoms with Gasteiger partial charge >= 0.3 is 21.1 Å². The van der Waals surface area contributed by atoms with Gasteiger partial charge in [0.15, 0.2) is 0 Å². The molecule has 0 N–H and O–H groups in total. The molecule has 0 aliphatic heterocycles. The summed E-state index contributed by atoms with van der Waals surface area (Å²) in [7, 11) is 0. The Hall–Kier alpha value is 0.688. The molecule has 1 fully saturated rings. The molecule has 0 saturated heterocycles. The predicted octanol–water partition coefficient (Wildman–Crippen LogP) is 2.60. The molecule has 0 aromatic heterocycles. The SMILES string of the molecule is [CH2-]CC1[CH-]CCCC1.[W+2]. The molecule has 1 saturated carbocycles. The van der Waals surface area contributed by atoms with Crippen LogP contribution in [-0.2, 0) is 21.1 Å². The molecule has 9 heavy (non-hydrogen) atoms. The third kappa shape index (κ3) is 3.40. The summed E-state index contributed by atoms with van der Waals surface area (Å²) in [5, 5.41) is 0. The van der Waals surface area contributed by atoms with E-state index in [4.69, 9.17) is 0 Å². The van der Waals surface area contributed by atoms with Crippen LogP contribution in [-0.4, -0.2) is 0 Å². The topological polar surface area (TPSA) is 0 Å². The van der Waals surface area contributed by atoms with Gasteiger partial charge in [0.2, 0.25) is 0 Å². The molecule has 0 heterocycles. The van der Waals surface area contributed by atoms with Crippen LogP contribution in [0.15, 0.2) is 0 Å². The van der Waals surface area contributed by atoms with Crippen molar-refractivity contribution in [3.63, 3.8) is 0 Å². The van der Waals surface area contributed by atoms with Crippen molar-refractivity contribution in [3.8, 4) is 0 Å². The Balaban J connectivity index is 0.000000640. The van der Waals surface area contributed by atoms with Crippen LogP contribution in [0.4, 0.5) is 0 Å². The van der Waals surface area contributed by atoms with Crippen LogP contribution in [0.1, 0.15) is 32.1 Å². The zero-order valence-electron chi connectivity index (χ0n) is 5.81. The fourth-order valence-corrected chi connectivity index (χ4v) is 1.28. The normalized spacial score (nSPS) is 27.0. The number of rotatable bonds is 1. The third-order valence-corrected chi connectivity index (χ3v) is 1.90. The van der Waals surface area contributed by atoms with Crippen LogP contribution in [0, 0.1) is 19.3 Å². The van der Waals surface area contributed by atoms with Gasteiger partial charge in [0.25, 0.3) is 0 Å². The summed E-state index contributed by atoms with van der Waals surface area (Å²) in [6.07, 6.45) is 9.10. The van der Waals surface area contributed by atoms with Crippen LogP contribution in [0.3, 0.4) is 0 Å². The van der Waals surface area contributed by atoms with Gasteiger partial charge in [-0.2, -0.15) is 12.3 Å². The van der Waals surface area contributed by atoms with Crippen molar-refractivity contribution in [3.05, 3.63) is 13.3 Å². The summed E-state index contributed by atoms with van der Waals surface area (Å²) in [5.41, 5.74) is 0. The molecule has 0 spiro atoms. The third-order valence-electron chi connectivity index (χ3n) is 1.90. The summed E-state index contributed by atoms with van der Waals surface area (Å²) in [5.74, 6) is 0.851. The van der Waals surface area contributed by atoms with Gasteiger partial charge in [0, 0.05) is 0 Å². The fraction of sp³-hybridized carbons (Fsp3) is 0.750. The minimum atomic E-state index is 0. The van der Waals surface area contributed by atoms with Gasteiger partial charge in [-0.1, -0.05) is 19.3 Å². The van der Waals surface area contributed by atoms with E-state index in [9.17, 15) is 0 Å². The molecule has 0 aromatic carbocycles. The second-order valence-corrected chi connectivity index (χ2v) is 2.57. The molecule has 1 heteroatoms. The Morgan fingerprint density at radius 1 is 1.44 bits per heavy atom. The van der Waals surface area contributed by atoms with E-state index >= 15 is 0 Å². The van der Waals surface area contributed by atoms with Gasteiger partial charge in [0.1, 0.15) is 0 Å². The van der Waals surface area contributed by atoms with E-state index in [1.807, 2.05) is 0 Å². The van der Waals surface area contributed by atoms with Crippen molar-refractivity contribution >= 4 is 0 Å². The molecule has 0 bridgehead atoms. The summed E-state index contributed by atoms with van der Waals surface area (Å²) in [6.45, 7) is 3.88. The van der Waals surface area contributed by atoms with Crippen LogP contribution in [0.5, 0.6) is 0 Å². The van der Waals surface area contributed by atoms with Crippen LogP contribution < -0.4 is 0 Å². The smallest absolute Gasteiger partial charge is 0.345 e. The molecular weight excluding hydrogens is 280 g/mol. The fourth-order valence-electron chi connectivity index (χ4n) is 1.28. The van der Waals surface area contributed by atoms with Crippen LogP contribution in [0.25, 0.3) is 0 Å². The first kappa shape index (κ1) is 9.69. The molecule has 0 aromatic rings. The Morgan fingerprint density at radius 2 is 2.22 bits per heavy atom. The van der Waals surface area contributed by atoms with E-state index in [2.05, 4.69) is 13.3 Å². The maximum Gasteiger partial charge on any atom is 2.00 e. The van der Waals surface area contributed by atoms with Crippen molar-refractivity contribution in [1.29, 1.82) is 0 Å². The maximum atomic E-state index is 3.88. The zero-order valence-corrected chi connectivity index (χ0v) is 8.74. The van der Waals surface area contributed by atoms with E-state index in [0.717, 1.165) is 12.3 Å². The summed E-state index contributed by atoms with van der Waals surface area (Å²) in [4.78, 5) is 0. The molecule has 1 atom stereocenters. The average molecular weight is 294 g/mol. The second kappa shape index (κ2) is 5.47. The predicted molar refractivity (Wildman–Crippen MR) is 36.2 cm³/mol. The van der Waals surface area contributed by atoms with E-state index in [-0.39, 0.29) is 21.1 Å². The Morgan fingerprint density at radius 3 is 2.56 bits per heavy atom. The van der Waals surface area contributed by atoms with Crippen molar-refractivity contribution in [2.75, 3.05) is 0 Å². The maximum absolute atomic E-state index is 3.88. The summed E-state index contributed by atoms with van der Waals surface area (Å²) < 4.78 is 0. The van der Waals surface area contributed by atoms with Crippen LogP contribution >= 0.6 is 0 Å². The quantitative estimate of drug-likeness (QED) is 0.652. The van der Waals surface area contributed by atoms with Gasteiger partial charge < -0.3 is 13.3 Å². The minimum Gasteiger partial charge on any atom is -0.345 e. The van der Waals surface area contributed by atoms with E-state index in [0.29, 0.717) is 0 Å². The second-order valence-electron chi connectivity index (χ2n) is 2.57. The molecule has 1 aliphatic rings. The Kier molecular flexibility index (Phi) is 5.89. The zero-order chi connectivity index (χ0) is 5.82. The number of hydrogen-bond donors (Lipinski definition) is 0. The minimum absolute atomic E-state index is 0. The van der Waals surface area contributed by atoms with Crippen LogP contribution in [0.2, 0.25) is 0 Å². The molecular formula is C8H14W. The summed E-state index contributed by atoms with van der Waals surface area (Å²) >= 11 is 0. The Bertz CT molecular complexity index is 55.6. The van der Waals surface area contributed by atoms with Gasteiger partial charge in [0.05, 0.1) is 0 Å². The number of hydrogen-bond acceptors (Lipinski definition) is 0. The van der Waals surface area contributed by atoms with E-state index in [1.165, 1.54) is 25.7 Å². The van der Waals surface area contributed by atoms with Crippen molar-refractivity contribution in [2.24, 2.45) is 5.92 Å². The Labute approximate surface area is 72.7 Å². The molecule has 0 radical (unpaired) electrons. The molecule has 1 unspecified atom stereocenters. The molecule has 0 amide bonds. The first-order valence-corrected chi connectivity index (χ1v) is 3.56. The van der Waals surface area contributed by atoms with Crippen molar-refractivity contribution in [2.45, 2.75) is 32.1 Å². The summed E-state index contributed by atoms with van der Waals surface area (Å²) in [6, 6.07) is 0. The van der Waals surface area contributed by atoms with E-state index < -0.39 is 0 Å². The van der Waals surface area contributed by atoms with Gasteiger partial charge in [-0.3, -0.25) is 0 Å². The van der Waals surface area contributed by atoms with Gasteiger partial charge in [-0.05, 0) is 0 Å². The standard InChI is InChI=1S/C8H14.W/c1-2-8-6-4-3-5-7-8;/h6,8H,1-5,7H2;/q-2;+2. The van der Waals surface area contributed by atoms with Crippen molar-refractivity contribution < 1.29 is 21.1 Å². The first-order chi connectivity index (χ1) is 3.93. The monoisotopic (exact) mass is 294 g/mol. The van der Waals surface area contributed by atoms with Gasteiger partial charge in [-0.15, -0.1) is 0 Å². The molecule has 0 nitrogen and oxygen atoms in total. The first-order valence-electron chi connectivity index (χ1n) is 3.56. The molecule has 1 rings (SSSR count). The van der Waals surface area contributed by atoms with Gasteiger partial charge in [-0.25, -0.2) is 6.42 Å². The largest absolute Gasteiger partial charge is 2.00 e. The van der Waals surface area contributed by atoms with Crippen molar-refractivity contribution in [1.82, 2.24) is 0 Å². The van der Waals surface area contributed by atoms with E-state index in [1.54, 1.807) is 0 Å². The molecule has 1 aliphatic carbocycles. The average Bonchev–Trinajstić information content (AvgIpc) is 1.90.